The van der Waals surface area contributed by atoms with Gasteiger partial charge in [-0.1, -0.05) is 0 Å². The zero-order valence-corrected chi connectivity index (χ0v) is 9.49. The van der Waals surface area contributed by atoms with Gasteiger partial charge < -0.3 is 19.9 Å². The first kappa shape index (κ1) is 12.6. The van der Waals surface area contributed by atoms with Gasteiger partial charge in [-0.05, 0) is 18.2 Å². The fraction of sp³-hybridized carbons (Fsp3) is 0.0833. The van der Waals surface area contributed by atoms with E-state index in [0.29, 0.717) is 5.39 Å². The van der Waals surface area contributed by atoms with Crippen LogP contribution in [0.15, 0.2) is 39.5 Å². The SMILES string of the molecule is O=C(O)C(Nc1ccc2ccc(=O)oc2c1)C(=O)O. The molecular formula is C12H9NO6. The quantitative estimate of drug-likeness (QED) is 0.550. The standard InChI is InChI=1S/C12H9NO6/c14-9-4-2-6-1-3-7(5-8(6)19-9)13-10(11(15)16)12(17)18/h1-5,10,13H,(H,15,16)(H,17,18). The van der Waals surface area contributed by atoms with Crippen LogP contribution in [-0.2, 0) is 9.59 Å². The smallest absolute Gasteiger partial charge is 0.337 e. The van der Waals surface area contributed by atoms with Crippen molar-refractivity contribution < 1.29 is 24.2 Å². The summed E-state index contributed by atoms with van der Waals surface area (Å²) in [6.45, 7) is 0. The number of benzene rings is 1. The van der Waals surface area contributed by atoms with Crippen molar-refractivity contribution in [2.24, 2.45) is 0 Å². The van der Waals surface area contributed by atoms with Crippen LogP contribution in [0.25, 0.3) is 11.0 Å². The van der Waals surface area contributed by atoms with Crippen LogP contribution in [0.2, 0.25) is 0 Å². The van der Waals surface area contributed by atoms with Crippen LogP contribution in [0.3, 0.4) is 0 Å². The van der Waals surface area contributed by atoms with E-state index in [-0.39, 0.29) is 11.3 Å². The van der Waals surface area contributed by atoms with E-state index < -0.39 is 23.6 Å². The fourth-order valence-electron chi connectivity index (χ4n) is 1.55. The molecule has 0 saturated carbocycles. The minimum atomic E-state index is -1.77. The van der Waals surface area contributed by atoms with E-state index >= 15 is 0 Å². The van der Waals surface area contributed by atoms with Gasteiger partial charge in [0.05, 0.1) is 0 Å². The van der Waals surface area contributed by atoms with Crippen LogP contribution in [0.1, 0.15) is 0 Å². The van der Waals surface area contributed by atoms with Crippen LogP contribution in [-0.4, -0.2) is 28.2 Å². The Labute approximate surface area is 106 Å². The summed E-state index contributed by atoms with van der Waals surface area (Å²) in [5.41, 5.74) is -0.0682. The Hall–Kier alpha value is -2.83. The number of carbonyl (C=O) groups is 2. The second-order valence-electron chi connectivity index (χ2n) is 3.76. The maximum Gasteiger partial charge on any atom is 0.337 e. The van der Waals surface area contributed by atoms with E-state index in [1.165, 1.54) is 18.2 Å². The molecule has 7 nitrogen and oxygen atoms in total. The summed E-state index contributed by atoms with van der Waals surface area (Å²) in [5, 5.41) is 20.5. The number of rotatable bonds is 4. The molecule has 1 heterocycles. The molecule has 19 heavy (non-hydrogen) atoms. The number of aliphatic carboxylic acids is 2. The van der Waals surface area contributed by atoms with Crippen molar-refractivity contribution in [1.29, 1.82) is 0 Å². The van der Waals surface area contributed by atoms with Gasteiger partial charge in [0, 0.05) is 23.2 Å². The van der Waals surface area contributed by atoms with Gasteiger partial charge in [-0.3, -0.25) is 0 Å². The Balaban J connectivity index is 2.38. The van der Waals surface area contributed by atoms with E-state index in [1.807, 2.05) is 0 Å². The summed E-state index contributed by atoms with van der Waals surface area (Å²) < 4.78 is 4.91. The van der Waals surface area contributed by atoms with Crippen molar-refractivity contribution in [3.63, 3.8) is 0 Å². The first-order chi connectivity index (χ1) is 8.97. The molecule has 2 rings (SSSR count). The number of carboxylic acid groups (broad SMARTS) is 2. The fourth-order valence-corrected chi connectivity index (χ4v) is 1.55. The second kappa shape index (κ2) is 4.81. The molecule has 0 spiro atoms. The van der Waals surface area contributed by atoms with Gasteiger partial charge in [-0.15, -0.1) is 0 Å². The number of anilines is 1. The summed E-state index contributed by atoms with van der Waals surface area (Å²) in [6.07, 6.45) is 0. The minimum absolute atomic E-state index is 0.233. The van der Waals surface area contributed by atoms with Crippen molar-refractivity contribution in [2.45, 2.75) is 6.04 Å². The molecular weight excluding hydrogens is 254 g/mol. The Morgan fingerprint density at radius 3 is 2.37 bits per heavy atom. The predicted octanol–water partition coefficient (Wildman–Crippen LogP) is 0.743. The third kappa shape index (κ3) is 2.71. The Morgan fingerprint density at radius 1 is 1.11 bits per heavy atom. The third-order valence-electron chi connectivity index (χ3n) is 2.43. The molecule has 0 saturated heterocycles. The molecule has 1 aromatic heterocycles. The maximum atomic E-state index is 11.1. The van der Waals surface area contributed by atoms with Crippen molar-refractivity contribution in [2.75, 3.05) is 5.32 Å². The van der Waals surface area contributed by atoms with Gasteiger partial charge >= 0.3 is 17.6 Å². The van der Waals surface area contributed by atoms with Gasteiger partial charge in [0.2, 0.25) is 6.04 Å². The lowest BCUT2D eigenvalue weighted by Gasteiger charge is -2.11. The Morgan fingerprint density at radius 2 is 1.74 bits per heavy atom. The van der Waals surface area contributed by atoms with Gasteiger partial charge in [0.15, 0.2) is 0 Å². The topological polar surface area (TPSA) is 117 Å². The molecule has 0 unspecified atom stereocenters. The van der Waals surface area contributed by atoms with Crippen molar-refractivity contribution in [1.82, 2.24) is 0 Å². The van der Waals surface area contributed by atoms with E-state index in [2.05, 4.69) is 5.32 Å². The molecule has 7 heteroatoms. The molecule has 3 N–H and O–H groups in total. The molecule has 0 atom stereocenters. The molecule has 0 aliphatic rings. The largest absolute Gasteiger partial charge is 0.479 e. The molecule has 0 amide bonds. The number of hydrogen-bond donors (Lipinski definition) is 3. The third-order valence-corrected chi connectivity index (χ3v) is 2.43. The van der Waals surface area contributed by atoms with Gasteiger partial charge in [-0.25, -0.2) is 14.4 Å². The number of hydrogen-bond acceptors (Lipinski definition) is 5. The van der Waals surface area contributed by atoms with E-state index in [0.717, 1.165) is 0 Å². The molecule has 1 aromatic carbocycles. The second-order valence-corrected chi connectivity index (χ2v) is 3.76. The van der Waals surface area contributed by atoms with E-state index in [9.17, 15) is 14.4 Å². The zero-order chi connectivity index (χ0) is 14.0. The molecule has 0 aliphatic heterocycles. The Kier molecular flexibility index (Phi) is 3.19. The monoisotopic (exact) mass is 263 g/mol. The Bertz CT molecular complexity index is 691. The lowest BCUT2D eigenvalue weighted by atomic mass is 10.2. The molecule has 0 aliphatic carbocycles. The number of carboxylic acids is 2. The highest BCUT2D eigenvalue weighted by Gasteiger charge is 2.25. The molecule has 0 fully saturated rings. The van der Waals surface area contributed by atoms with Crippen LogP contribution < -0.4 is 10.9 Å². The highest BCUT2D eigenvalue weighted by Crippen LogP contribution is 2.18. The van der Waals surface area contributed by atoms with Crippen LogP contribution in [0, 0.1) is 0 Å². The van der Waals surface area contributed by atoms with Crippen LogP contribution in [0.4, 0.5) is 5.69 Å². The van der Waals surface area contributed by atoms with Gasteiger partial charge in [0.1, 0.15) is 5.58 Å². The normalized spacial score (nSPS) is 10.6. The lowest BCUT2D eigenvalue weighted by molar-refractivity contribution is -0.148. The van der Waals surface area contributed by atoms with Gasteiger partial charge in [0.25, 0.3) is 0 Å². The van der Waals surface area contributed by atoms with Crippen molar-refractivity contribution in [3.05, 3.63) is 40.8 Å². The summed E-state index contributed by atoms with van der Waals surface area (Å²) in [5.74, 6) is -3.02. The summed E-state index contributed by atoms with van der Waals surface area (Å²) in [7, 11) is 0. The van der Waals surface area contributed by atoms with E-state index in [1.54, 1.807) is 12.1 Å². The first-order valence-electron chi connectivity index (χ1n) is 5.23. The summed E-state index contributed by atoms with van der Waals surface area (Å²) >= 11 is 0. The van der Waals surface area contributed by atoms with Crippen molar-refractivity contribution >= 4 is 28.6 Å². The summed E-state index contributed by atoms with van der Waals surface area (Å²) in [6, 6.07) is 5.50. The first-order valence-corrected chi connectivity index (χ1v) is 5.23. The highest BCUT2D eigenvalue weighted by molar-refractivity contribution is 6.00. The zero-order valence-electron chi connectivity index (χ0n) is 9.49. The van der Waals surface area contributed by atoms with E-state index in [4.69, 9.17) is 14.6 Å². The van der Waals surface area contributed by atoms with Crippen LogP contribution >= 0.6 is 0 Å². The molecule has 98 valence electrons. The summed E-state index contributed by atoms with van der Waals surface area (Å²) in [4.78, 5) is 32.6. The average Bonchev–Trinajstić information content (AvgIpc) is 2.34. The lowest BCUT2D eigenvalue weighted by Crippen LogP contribution is -2.37. The molecule has 0 bridgehead atoms. The van der Waals surface area contributed by atoms with Crippen molar-refractivity contribution in [3.8, 4) is 0 Å². The van der Waals surface area contributed by atoms with Gasteiger partial charge in [-0.2, -0.15) is 0 Å². The highest BCUT2D eigenvalue weighted by atomic mass is 16.4. The predicted molar refractivity (Wildman–Crippen MR) is 65.2 cm³/mol. The number of nitrogens with one attached hydrogen (secondary N) is 1. The molecule has 0 radical (unpaired) electrons. The minimum Gasteiger partial charge on any atom is -0.479 e. The van der Waals surface area contributed by atoms with Crippen LogP contribution in [0.5, 0.6) is 0 Å². The average molecular weight is 263 g/mol. The molecule has 2 aromatic rings. The number of fused-ring (bicyclic) bond motifs is 1. The maximum absolute atomic E-state index is 11.1.